The molecule has 0 aliphatic carbocycles. The van der Waals surface area contributed by atoms with Crippen LogP contribution >= 0.6 is 15.9 Å². The Labute approximate surface area is 246 Å². The molecule has 0 saturated heterocycles. The molecule has 3 heterocycles. The van der Waals surface area contributed by atoms with Gasteiger partial charge >= 0.3 is 20.1 Å². The fourth-order valence-electron chi connectivity index (χ4n) is 3.24. The summed E-state index contributed by atoms with van der Waals surface area (Å²) in [4.78, 5) is 12.7. The molecule has 6 rings (SSSR count). The Kier molecular flexibility index (Phi) is 12.2. The fraction of sp³-hybridized carbons (Fsp3) is 0. The summed E-state index contributed by atoms with van der Waals surface area (Å²) in [5.74, 6) is 0. The van der Waals surface area contributed by atoms with E-state index in [-0.39, 0.29) is 20.1 Å². The van der Waals surface area contributed by atoms with Crippen LogP contribution in [0.3, 0.4) is 0 Å². The number of hydrogen-bond donors (Lipinski definition) is 0. The smallest absolute Gasteiger partial charge is 0.305 e. The van der Waals surface area contributed by atoms with Gasteiger partial charge in [-0.25, -0.2) is 0 Å². The van der Waals surface area contributed by atoms with Gasteiger partial charge in [0.2, 0.25) is 0 Å². The van der Waals surface area contributed by atoms with Gasteiger partial charge in [0.05, 0.1) is 0 Å². The largest absolute Gasteiger partial charge is 3.00 e. The summed E-state index contributed by atoms with van der Waals surface area (Å²) in [7, 11) is 0. The first-order chi connectivity index (χ1) is 18.3. The van der Waals surface area contributed by atoms with Gasteiger partial charge in [-0.05, 0) is 45.1 Å². The molecule has 0 amide bonds. The van der Waals surface area contributed by atoms with Gasteiger partial charge < -0.3 is 15.0 Å². The third kappa shape index (κ3) is 9.28. The van der Waals surface area contributed by atoms with Crippen LogP contribution < -0.4 is 0 Å². The monoisotopic (exact) mass is 733 g/mol. The van der Waals surface area contributed by atoms with E-state index in [2.05, 4.69) is 49.1 Å². The number of hydrogen-bond acceptors (Lipinski definition) is 3. The van der Waals surface area contributed by atoms with Crippen molar-refractivity contribution in [1.82, 2.24) is 15.0 Å². The molecule has 0 unspecified atom stereocenters. The molecule has 6 aromatic rings. The van der Waals surface area contributed by atoms with Gasteiger partial charge in [-0.3, -0.25) is 0 Å². The maximum atomic E-state index is 4.27. The van der Waals surface area contributed by atoms with Crippen molar-refractivity contribution in [3.05, 3.63) is 163 Å². The molecule has 3 aromatic heterocycles. The van der Waals surface area contributed by atoms with Gasteiger partial charge in [0.1, 0.15) is 0 Å². The Hall–Kier alpha value is -3.76. The minimum Gasteiger partial charge on any atom is -0.305 e. The van der Waals surface area contributed by atoms with Crippen molar-refractivity contribution >= 4 is 15.9 Å². The van der Waals surface area contributed by atoms with Crippen molar-refractivity contribution in [2.45, 2.75) is 0 Å². The van der Waals surface area contributed by atoms with Crippen LogP contribution in [-0.4, -0.2) is 15.0 Å². The minimum absolute atomic E-state index is 0. The minimum atomic E-state index is 0. The van der Waals surface area contributed by atoms with E-state index < -0.39 is 0 Å². The number of pyridine rings is 3. The topological polar surface area (TPSA) is 38.7 Å². The quantitative estimate of drug-likeness (QED) is 0.172. The Morgan fingerprint density at radius 2 is 0.868 bits per heavy atom. The summed E-state index contributed by atoms with van der Waals surface area (Å²) in [6.45, 7) is 0. The normalized spacial score (nSPS) is 9.50. The zero-order chi connectivity index (χ0) is 25.5. The molecule has 0 saturated carbocycles. The summed E-state index contributed by atoms with van der Waals surface area (Å²) in [5.41, 5.74) is 5.99. The zero-order valence-electron chi connectivity index (χ0n) is 20.3. The molecule has 0 aliphatic rings. The molecule has 0 fully saturated rings. The Balaban J connectivity index is 0.000000156. The van der Waals surface area contributed by atoms with Crippen LogP contribution in [0.4, 0.5) is 0 Å². The number of halogens is 1. The zero-order valence-corrected chi connectivity index (χ0v) is 24.3. The maximum absolute atomic E-state index is 4.27. The van der Waals surface area contributed by atoms with E-state index in [0.29, 0.717) is 0 Å². The van der Waals surface area contributed by atoms with Crippen molar-refractivity contribution in [2.24, 2.45) is 0 Å². The fourth-order valence-corrected chi connectivity index (χ4v) is 3.47. The molecule has 0 bridgehead atoms. The average molecular weight is 734 g/mol. The van der Waals surface area contributed by atoms with E-state index in [0.717, 1.165) is 38.2 Å². The number of benzene rings is 3. The van der Waals surface area contributed by atoms with Gasteiger partial charge in [0.25, 0.3) is 0 Å². The number of aromatic nitrogens is 3. The van der Waals surface area contributed by atoms with Gasteiger partial charge in [0, 0.05) is 23.1 Å². The summed E-state index contributed by atoms with van der Waals surface area (Å²) < 4.78 is 0.993. The Morgan fingerprint density at radius 3 is 1.18 bits per heavy atom. The van der Waals surface area contributed by atoms with E-state index in [9.17, 15) is 0 Å². The van der Waals surface area contributed by atoms with Crippen LogP contribution in [0.5, 0.6) is 0 Å². The summed E-state index contributed by atoms with van der Waals surface area (Å²) in [6.07, 6.45) is 5.36. The first-order valence-corrected chi connectivity index (χ1v) is 12.4. The van der Waals surface area contributed by atoms with Crippen LogP contribution in [0.25, 0.3) is 33.8 Å². The molecule has 0 radical (unpaired) electrons. The van der Waals surface area contributed by atoms with Crippen LogP contribution in [0.15, 0.2) is 144 Å². The number of nitrogens with zero attached hydrogens (tertiary/aromatic N) is 3. The molecule has 3 nitrogen and oxygen atoms in total. The molecule has 0 N–H and O–H groups in total. The second-order valence-corrected chi connectivity index (χ2v) is 8.54. The van der Waals surface area contributed by atoms with Gasteiger partial charge in [-0.15, -0.1) is 108 Å². The van der Waals surface area contributed by atoms with Crippen LogP contribution in [0.1, 0.15) is 0 Å². The molecular weight excluding hydrogens is 711 g/mol. The van der Waals surface area contributed by atoms with E-state index in [4.69, 9.17) is 0 Å². The molecule has 186 valence electrons. The summed E-state index contributed by atoms with van der Waals surface area (Å²) >= 11 is 3.35. The SMILES string of the molecule is Brc1ccc(-c2[c-]cccc2)nc1.[Ir+3].[c-]1ccccc1-c1ccccn1.[c-]1ccccc1-c1ccccn1. The Bertz CT molecular complexity index is 1280. The predicted octanol–water partition coefficient (Wildman–Crippen LogP) is 8.41. The second-order valence-electron chi connectivity index (χ2n) is 7.62. The van der Waals surface area contributed by atoms with Crippen molar-refractivity contribution in [3.8, 4) is 33.8 Å². The van der Waals surface area contributed by atoms with Crippen molar-refractivity contribution in [3.63, 3.8) is 0 Å². The second kappa shape index (κ2) is 16.2. The average Bonchev–Trinajstić information content (AvgIpc) is 3.00. The molecule has 0 atom stereocenters. The van der Waals surface area contributed by atoms with Gasteiger partial charge in [-0.2, -0.15) is 0 Å². The maximum Gasteiger partial charge on any atom is 3.00 e. The predicted molar refractivity (Wildman–Crippen MR) is 153 cm³/mol. The Morgan fingerprint density at radius 1 is 0.447 bits per heavy atom. The standard InChI is InChI=1S/C11H7BrN.2C11H8N.Ir/c12-10-6-7-11(13-8-10)9-4-2-1-3-5-9;2*1-2-6-10(7-3-1)11-8-4-5-9-12-11;/h1-4,6-8H;2*1-6,8-9H;/q3*-1;+3. The molecule has 0 spiro atoms. The van der Waals surface area contributed by atoms with E-state index >= 15 is 0 Å². The molecule has 3 aromatic carbocycles. The van der Waals surface area contributed by atoms with Crippen molar-refractivity contribution in [1.29, 1.82) is 0 Å². The molecule has 0 aliphatic heterocycles. The first-order valence-electron chi connectivity index (χ1n) is 11.6. The van der Waals surface area contributed by atoms with Gasteiger partial charge in [0.15, 0.2) is 0 Å². The molecule has 38 heavy (non-hydrogen) atoms. The first kappa shape index (κ1) is 28.8. The van der Waals surface area contributed by atoms with Crippen LogP contribution in [0, 0.1) is 18.2 Å². The van der Waals surface area contributed by atoms with E-state index in [1.165, 1.54) is 0 Å². The van der Waals surface area contributed by atoms with Crippen LogP contribution in [-0.2, 0) is 20.1 Å². The van der Waals surface area contributed by atoms with Crippen molar-refractivity contribution < 1.29 is 20.1 Å². The summed E-state index contributed by atoms with van der Waals surface area (Å²) in [6, 6.07) is 48.5. The van der Waals surface area contributed by atoms with E-state index in [1.807, 2.05) is 121 Å². The van der Waals surface area contributed by atoms with Crippen molar-refractivity contribution in [2.75, 3.05) is 0 Å². The third-order valence-corrected chi connectivity index (χ3v) is 5.48. The molecular formula is C33H23BrIrN3. The number of rotatable bonds is 3. The van der Waals surface area contributed by atoms with E-state index in [1.54, 1.807) is 18.6 Å². The van der Waals surface area contributed by atoms with Gasteiger partial charge in [-0.1, -0.05) is 36.4 Å². The van der Waals surface area contributed by atoms with Crippen LogP contribution in [0.2, 0.25) is 0 Å². The summed E-state index contributed by atoms with van der Waals surface area (Å²) in [5, 5.41) is 0. The molecule has 5 heteroatoms. The third-order valence-electron chi connectivity index (χ3n) is 5.01.